The number of rotatable bonds is 7. The maximum absolute atomic E-state index is 12.8. The molecule has 1 amide bonds. The van der Waals surface area contributed by atoms with Gasteiger partial charge in [-0.2, -0.15) is 4.72 Å². The molecule has 0 saturated carbocycles. The van der Waals surface area contributed by atoms with E-state index in [-0.39, 0.29) is 11.3 Å². The Labute approximate surface area is 164 Å². The van der Waals surface area contributed by atoms with E-state index < -0.39 is 22.0 Å². The minimum atomic E-state index is -3.86. The van der Waals surface area contributed by atoms with Crippen LogP contribution in [0.15, 0.2) is 83.9 Å². The minimum Gasteiger partial charge on any atom is -0.309 e. The van der Waals surface area contributed by atoms with E-state index in [1.807, 2.05) is 37.3 Å². The fourth-order valence-electron chi connectivity index (χ4n) is 2.66. The molecule has 144 valence electrons. The largest absolute Gasteiger partial charge is 0.309 e. The van der Waals surface area contributed by atoms with Crippen LogP contribution in [0.25, 0.3) is 0 Å². The summed E-state index contributed by atoms with van der Waals surface area (Å²) in [4.78, 5) is 17.0. The highest BCUT2D eigenvalue weighted by atomic mass is 32.2. The van der Waals surface area contributed by atoms with Crippen LogP contribution in [0.5, 0.6) is 0 Å². The van der Waals surface area contributed by atoms with E-state index in [2.05, 4.69) is 15.0 Å². The van der Waals surface area contributed by atoms with Crippen LogP contribution in [0.2, 0.25) is 0 Å². The molecule has 2 aromatic carbocycles. The standard InChI is InChI=1S/C21H21N3O3S/c1-16-10-12-18(13-11-16)28(26,27)24-19(15-17-7-3-2-4-8-17)21(25)23-20-9-5-6-14-22-20/h2-14,19,24H,15H2,1H3,(H,22,23,25). The van der Waals surface area contributed by atoms with Gasteiger partial charge in [0, 0.05) is 6.20 Å². The van der Waals surface area contributed by atoms with Crippen molar-refractivity contribution in [2.75, 3.05) is 5.32 Å². The van der Waals surface area contributed by atoms with Crippen molar-refractivity contribution in [1.29, 1.82) is 0 Å². The summed E-state index contributed by atoms with van der Waals surface area (Å²) >= 11 is 0. The van der Waals surface area contributed by atoms with Crippen molar-refractivity contribution in [3.05, 3.63) is 90.1 Å². The number of sulfonamides is 1. The number of hydrogen-bond donors (Lipinski definition) is 2. The number of hydrogen-bond acceptors (Lipinski definition) is 4. The zero-order chi connectivity index (χ0) is 20.0. The normalized spacial score (nSPS) is 12.3. The van der Waals surface area contributed by atoms with E-state index in [1.165, 1.54) is 12.1 Å². The number of nitrogens with zero attached hydrogens (tertiary/aromatic N) is 1. The fourth-order valence-corrected chi connectivity index (χ4v) is 3.86. The molecule has 0 aliphatic rings. The fraction of sp³-hybridized carbons (Fsp3) is 0.143. The van der Waals surface area contributed by atoms with E-state index in [0.29, 0.717) is 5.82 Å². The lowest BCUT2D eigenvalue weighted by Gasteiger charge is -2.18. The highest BCUT2D eigenvalue weighted by Crippen LogP contribution is 2.13. The number of pyridine rings is 1. The van der Waals surface area contributed by atoms with Crippen molar-refractivity contribution >= 4 is 21.7 Å². The van der Waals surface area contributed by atoms with Gasteiger partial charge in [-0.15, -0.1) is 0 Å². The van der Waals surface area contributed by atoms with Crippen molar-refractivity contribution in [3.63, 3.8) is 0 Å². The van der Waals surface area contributed by atoms with Crippen molar-refractivity contribution in [2.45, 2.75) is 24.3 Å². The second kappa shape index (κ2) is 8.77. The summed E-state index contributed by atoms with van der Waals surface area (Å²) in [5.74, 6) is -0.113. The maximum atomic E-state index is 12.8. The number of benzene rings is 2. The first kappa shape index (κ1) is 19.7. The van der Waals surface area contributed by atoms with Gasteiger partial charge in [0.2, 0.25) is 15.9 Å². The van der Waals surface area contributed by atoms with Crippen LogP contribution >= 0.6 is 0 Å². The number of carbonyl (C=O) groups is 1. The molecule has 28 heavy (non-hydrogen) atoms. The van der Waals surface area contributed by atoms with Crippen molar-refractivity contribution < 1.29 is 13.2 Å². The third kappa shape index (κ3) is 5.25. The molecule has 7 heteroatoms. The van der Waals surface area contributed by atoms with E-state index in [0.717, 1.165) is 11.1 Å². The summed E-state index contributed by atoms with van der Waals surface area (Å²) in [6, 6.07) is 19.9. The van der Waals surface area contributed by atoms with Gasteiger partial charge >= 0.3 is 0 Å². The molecule has 3 aromatic rings. The summed E-state index contributed by atoms with van der Waals surface area (Å²) in [6.07, 6.45) is 1.77. The summed E-state index contributed by atoms with van der Waals surface area (Å²) in [5.41, 5.74) is 1.79. The van der Waals surface area contributed by atoms with Crippen molar-refractivity contribution in [2.24, 2.45) is 0 Å². The number of anilines is 1. The van der Waals surface area contributed by atoms with Gasteiger partial charge in [-0.05, 0) is 43.2 Å². The summed E-state index contributed by atoms with van der Waals surface area (Å²) in [7, 11) is -3.86. The minimum absolute atomic E-state index is 0.113. The molecule has 1 unspecified atom stereocenters. The van der Waals surface area contributed by atoms with Crippen LogP contribution in [-0.2, 0) is 21.2 Å². The van der Waals surface area contributed by atoms with Crippen molar-refractivity contribution in [1.82, 2.24) is 9.71 Å². The molecule has 0 fully saturated rings. The van der Waals surface area contributed by atoms with Crippen LogP contribution in [0, 0.1) is 6.92 Å². The molecule has 1 atom stereocenters. The summed E-state index contributed by atoms with van der Waals surface area (Å²) < 4.78 is 28.1. The molecule has 2 N–H and O–H groups in total. The average molecular weight is 395 g/mol. The molecule has 0 saturated heterocycles. The highest BCUT2D eigenvalue weighted by molar-refractivity contribution is 7.89. The molecule has 1 aromatic heterocycles. The van der Waals surface area contributed by atoms with Crippen LogP contribution in [0.3, 0.4) is 0 Å². The van der Waals surface area contributed by atoms with Crippen molar-refractivity contribution in [3.8, 4) is 0 Å². The van der Waals surface area contributed by atoms with Gasteiger partial charge in [0.1, 0.15) is 11.9 Å². The summed E-state index contributed by atoms with van der Waals surface area (Å²) in [5, 5.41) is 2.67. The van der Waals surface area contributed by atoms with Gasteiger partial charge in [-0.1, -0.05) is 54.1 Å². The first-order chi connectivity index (χ1) is 13.4. The van der Waals surface area contributed by atoms with E-state index in [9.17, 15) is 13.2 Å². The monoisotopic (exact) mass is 395 g/mol. The summed E-state index contributed by atoms with van der Waals surface area (Å²) in [6.45, 7) is 1.88. The average Bonchev–Trinajstić information content (AvgIpc) is 2.69. The predicted molar refractivity (Wildman–Crippen MR) is 108 cm³/mol. The number of carbonyl (C=O) groups excluding carboxylic acids is 1. The zero-order valence-electron chi connectivity index (χ0n) is 15.4. The lowest BCUT2D eigenvalue weighted by Crippen LogP contribution is -2.45. The molecule has 0 bridgehead atoms. The third-order valence-electron chi connectivity index (χ3n) is 4.14. The lowest BCUT2D eigenvalue weighted by atomic mass is 10.1. The molecule has 0 aliphatic heterocycles. The second-order valence-electron chi connectivity index (χ2n) is 6.38. The number of amides is 1. The number of aryl methyl sites for hydroxylation is 1. The Balaban J connectivity index is 1.84. The molecule has 1 heterocycles. The molecule has 3 rings (SSSR count). The van der Waals surface area contributed by atoms with E-state index in [1.54, 1.807) is 36.5 Å². The van der Waals surface area contributed by atoms with Gasteiger partial charge in [-0.25, -0.2) is 13.4 Å². The molecule has 0 aliphatic carbocycles. The molecule has 0 spiro atoms. The molecular weight excluding hydrogens is 374 g/mol. The Morgan fingerprint density at radius 1 is 0.964 bits per heavy atom. The van der Waals surface area contributed by atoms with Gasteiger partial charge < -0.3 is 5.32 Å². The number of aromatic nitrogens is 1. The zero-order valence-corrected chi connectivity index (χ0v) is 16.2. The Morgan fingerprint density at radius 2 is 1.64 bits per heavy atom. The maximum Gasteiger partial charge on any atom is 0.244 e. The predicted octanol–water partition coefficient (Wildman–Crippen LogP) is 2.92. The Bertz CT molecular complexity index is 1020. The van der Waals surface area contributed by atoms with Gasteiger partial charge in [0.25, 0.3) is 0 Å². The van der Waals surface area contributed by atoms with Gasteiger partial charge in [0.05, 0.1) is 4.90 Å². The van der Waals surface area contributed by atoms with Crippen LogP contribution in [0.4, 0.5) is 5.82 Å². The highest BCUT2D eigenvalue weighted by Gasteiger charge is 2.26. The lowest BCUT2D eigenvalue weighted by molar-refractivity contribution is -0.117. The first-order valence-corrected chi connectivity index (χ1v) is 10.3. The SMILES string of the molecule is Cc1ccc(S(=O)(=O)NC(Cc2ccccc2)C(=O)Nc2ccccn2)cc1. The number of nitrogens with one attached hydrogen (secondary N) is 2. The third-order valence-corrected chi connectivity index (χ3v) is 5.63. The molecule has 0 radical (unpaired) electrons. The Hall–Kier alpha value is -3.03. The smallest absolute Gasteiger partial charge is 0.244 e. The quantitative estimate of drug-likeness (QED) is 0.644. The van der Waals surface area contributed by atoms with Gasteiger partial charge in [-0.3, -0.25) is 4.79 Å². The van der Waals surface area contributed by atoms with E-state index >= 15 is 0 Å². The Morgan fingerprint density at radius 3 is 2.29 bits per heavy atom. The van der Waals surface area contributed by atoms with E-state index in [4.69, 9.17) is 0 Å². The second-order valence-corrected chi connectivity index (χ2v) is 8.09. The van der Waals surface area contributed by atoms with Crippen LogP contribution in [0.1, 0.15) is 11.1 Å². The van der Waals surface area contributed by atoms with Gasteiger partial charge in [0.15, 0.2) is 0 Å². The Kier molecular flexibility index (Phi) is 6.18. The first-order valence-electron chi connectivity index (χ1n) is 8.79. The topological polar surface area (TPSA) is 88.2 Å². The molecular formula is C21H21N3O3S. The molecule has 6 nitrogen and oxygen atoms in total. The van der Waals surface area contributed by atoms with Crippen LogP contribution in [-0.4, -0.2) is 25.4 Å². The van der Waals surface area contributed by atoms with Crippen LogP contribution < -0.4 is 10.0 Å².